The van der Waals surface area contributed by atoms with Gasteiger partial charge < -0.3 is 0 Å². The van der Waals surface area contributed by atoms with E-state index in [4.69, 9.17) is 11.6 Å². The first-order valence-electron chi connectivity index (χ1n) is 8.17. The minimum Gasteiger partial charge on any atom is -0.267 e. The van der Waals surface area contributed by atoms with Gasteiger partial charge in [0.2, 0.25) is 0 Å². The number of nitrogens with one attached hydrogen (secondary N) is 1. The highest BCUT2D eigenvalue weighted by Gasteiger charge is 2.32. The Kier molecular flexibility index (Phi) is 5.85. The molecule has 0 bridgehead atoms. The SMILES string of the molecule is Cc1cccc(C(=O)N(NC(=O)c2cccc(Cl)c2[N+](=O)[O-])C(C)(C)C)c1. The van der Waals surface area contributed by atoms with E-state index in [9.17, 15) is 19.7 Å². The van der Waals surface area contributed by atoms with Crippen LogP contribution in [0.1, 0.15) is 47.1 Å². The van der Waals surface area contributed by atoms with E-state index < -0.39 is 28.0 Å². The third-order valence-corrected chi connectivity index (χ3v) is 4.07. The summed E-state index contributed by atoms with van der Waals surface area (Å²) in [5.74, 6) is -1.22. The van der Waals surface area contributed by atoms with Crippen molar-refractivity contribution in [3.8, 4) is 0 Å². The smallest absolute Gasteiger partial charge is 0.267 e. The lowest BCUT2D eigenvalue weighted by atomic mass is 10.1. The molecule has 2 aromatic rings. The summed E-state index contributed by atoms with van der Waals surface area (Å²) in [6, 6.07) is 11.0. The molecule has 0 aliphatic heterocycles. The summed E-state index contributed by atoms with van der Waals surface area (Å²) < 4.78 is 0. The number of aryl methyl sites for hydroxylation is 1. The molecular formula is C19H20ClN3O4. The number of carbonyl (C=O) groups excluding carboxylic acids is 2. The van der Waals surface area contributed by atoms with Crippen molar-refractivity contribution in [3.05, 3.63) is 74.3 Å². The van der Waals surface area contributed by atoms with E-state index in [1.165, 1.54) is 18.2 Å². The van der Waals surface area contributed by atoms with Crippen LogP contribution in [0.15, 0.2) is 42.5 Å². The van der Waals surface area contributed by atoms with E-state index in [0.29, 0.717) is 5.56 Å². The van der Waals surface area contributed by atoms with Crippen LogP contribution in [0.3, 0.4) is 0 Å². The van der Waals surface area contributed by atoms with Gasteiger partial charge in [-0.2, -0.15) is 0 Å². The molecule has 2 aromatic carbocycles. The summed E-state index contributed by atoms with van der Waals surface area (Å²) in [5, 5.41) is 12.3. The summed E-state index contributed by atoms with van der Waals surface area (Å²) in [6.07, 6.45) is 0. The molecule has 0 saturated heterocycles. The first-order chi connectivity index (χ1) is 12.5. The van der Waals surface area contributed by atoms with Gasteiger partial charge in [-0.05, 0) is 52.0 Å². The van der Waals surface area contributed by atoms with Crippen LogP contribution in [0.5, 0.6) is 0 Å². The van der Waals surface area contributed by atoms with Gasteiger partial charge >= 0.3 is 5.69 Å². The number of rotatable bonds is 3. The fourth-order valence-corrected chi connectivity index (χ4v) is 2.72. The highest BCUT2D eigenvalue weighted by molar-refractivity contribution is 6.33. The molecule has 7 nitrogen and oxygen atoms in total. The van der Waals surface area contributed by atoms with Gasteiger partial charge in [-0.3, -0.25) is 25.1 Å². The number of nitro benzene ring substituents is 1. The van der Waals surface area contributed by atoms with E-state index in [-0.39, 0.29) is 10.6 Å². The number of para-hydroxylation sites is 1. The van der Waals surface area contributed by atoms with Crippen LogP contribution in [0, 0.1) is 17.0 Å². The Balaban J connectivity index is 2.41. The van der Waals surface area contributed by atoms with Crippen molar-refractivity contribution in [2.24, 2.45) is 0 Å². The van der Waals surface area contributed by atoms with Crippen LogP contribution in [0.4, 0.5) is 5.69 Å². The second kappa shape index (κ2) is 7.75. The highest BCUT2D eigenvalue weighted by atomic mass is 35.5. The van der Waals surface area contributed by atoms with Crippen LogP contribution in [-0.4, -0.2) is 27.3 Å². The van der Waals surface area contributed by atoms with Crippen molar-refractivity contribution in [2.75, 3.05) is 0 Å². The number of hydrogen-bond donors (Lipinski definition) is 1. The number of amides is 2. The maximum Gasteiger partial charge on any atom is 0.300 e. The van der Waals surface area contributed by atoms with Crippen molar-refractivity contribution in [1.82, 2.24) is 10.4 Å². The van der Waals surface area contributed by atoms with Crippen LogP contribution in [0.25, 0.3) is 0 Å². The minimum absolute atomic E-state index is 0.153. The maximum absolute atomic E-state index is 12.9. The van der Waals surface area contributed by atoms with E-state index in [2.05, 4.69) is 5.43 Å². The van der Waals surface area contributed by atoms with E-state index in [1.807, 2.05) is 13.0 Å². The van der Waals surface area contributed by atoms with E-state index >= 15 is 0 Å². The predicted octanol–water partition coefficient (Wildman–Crippen LogP) is 4.14. The van der Waals surface area contributed by atoms with Crippen LogP contribution >= 0.6 is 11.6 Å². The monoisotopic (exact) mass is 389 g/mol. The molecule has 1 N–H and O–H groups in total. The predicted molar refractivity (Wildman–Crippen MR) is 103 cm³/mol. The Hall–Kier alpha value is -2.93. The number of hydrogen-bond acceptors (Lipinski definition) is 4. The number of halogens is 1. The van der Waals surface area contributed by atoms with Gasteiger partial charge in [0, 0.05) is 5.56 Å². The van der Waals surface area contributed by atoms with Gasteiger partial charge in [0.05, 0.1) is 10.5 Å². The number of benzene rings is 2. The Morgan fingerprint density at radius 1 is 1.15 bits per heavy atom. The molecule has 0 unspecified atom stereocenters. The molecule has 27 heavy (non-hydrogen) atoms. The van der Waals surface area contributed by atoms with Crippen LogP contribution in [0.2, 0.25) is 5.02 Å². The lowest BCUT2D eigenvalue weighted by Gasteiger charge is -2.35. The molecule has 2 amide bonds. The normalized spacial score (nSPS) is 11.0. The number of hydrazine groups is 1. The number of carbonyl (C=O) groups is 2. The lowest BCUT2D eigenvalue weighted by Crippen LogP contribution is -2.56. The zero-order valence-electron chi connectivity index (χ0n) is 15.4. The second-order valence-corrected chi connectivity index (χ2v) is 7.42. The summed E-state index contributed by atoms with van der Waals surface area (Å²) in [4.78, 5) is 36.2. The van der Waals surface area contributed by atoms with Gasteiger partial charge in [-0.1, -0.05) is 35.4 Å². The van der Waals surface area contributed by atoms with Gasteiger partial charge in [0.15, 0.2) is 0 Å². The Labute approximate surface area is 162 Å². The molecule has 0 aliphatic rings. The maximum atomic E-state index is 12.9. The Morgan fingerprint density at radius 3 is 2.33 bits per heavy atom. The first-order valence-corrected chi connectivity index (χ1v) is 8.55. The molecule has 0 aliphatic carbocycles. The van der Waals surface area contributed by atoms with Gasteiger partial charge in [0.1, 0.15) is 10.6 Å². The molecule has 0 fully saturated rings. The standard InChI is InChI=1S/C19H20ClN3O4/c1-12-7-5-8-13(11-12)18(25)22(19(2,3)4)21-17(24)14-9-6-10-15(20)16(14)23(26)27/h5-11H,1-4H3,(H,21,24). The average molecular weight is 390 g/mol. The Bertz CT molecular complexity index is 906. The molecule has 0 heterocycles. The van der Waals surface area contributed by atoms with Crippen molar-refractivity contribution < 1.29 is 14.5 Å². The molecule has 0 saturated carbocycles. The molecule has 0 aromatic heterocycles. The quantitative estimate of drug-likeness (QED) is 0.630. The molecule has 0 atom stereocenters. The molecular weight excluding hydrogens is 370 g/mol. The zero-order chi connectivity index (χ0) is 20.4. The Morgan fingerprint density at radius 2 is 1.78 bits per heavy atom. The fraction of sp³-hybridized carbons (Fsp3) is 0.263. The molecule has 2 rings (SSSR count). The van der Waals surface area contributed by atoms with Crippen molar-refractivity contribution in [3.63, 3.8) is 0 Å². The molecule has 142 valence electrons. The topological polar surface area (TPSA) is 92.6 Å². The van der Waals surface area contributed by atoms with E-state index in [0.717, 1.165) is 10.6 Å². The summed E-state index contributed by atoms with van der Waals surface area (Å²) in [6.45, 7) is 7.08. The third-order valence-electron chi connectivity index (χ3n) is 3.77. The lowest BCUT2D eigenvalue weighted by molar-refractivity contribution is -0.385. The third kappa shape index (κ3) is 4.62. The zero-order valence-corrected chi connectivity index (χ0v) is 16.2. The van der Waals surface area contributed by atoms with Gasteiger partial charge in [0.25, 0.3) is 11.8 Å². The molecule has 0 radical (unpaired) electrons. The van der Waals surface area contributed by atoms with E-state index in [1.54, 1.807) is 39.0 Å². The number of nitrogens with zero attached hydrogens (tertiary/aromatic N) is 2. The molecule has 8 heteroatoms. The number of nitro groups is 1. The van der Waals surface area contributed by atoms with Gasteiger partial charge in [-0.25, -0.2) is 5.01 Å². The first kappa shape index (κ1) is 20.4. The average Bonchev–Trinajstić information content (AvgIpc) is 2.57. The summed E-state index contributed by atoms with van der Waals surface area (Å²) in [5.41, 5.74) is 2.28. The largest absolute Gasteiger partial charge is 0.300 e. The van der Waals surface area contributed by atoms with Crippen LogP contribution < -0.4 is 5.43 Å². The summed E-state index contributed by atoms with van der Waals surface area (Å²) >= 11 is 5.87. The highest BCUT2D eigenvalue weighted by Crippen LogP contribution is 2.28. The van der Waals surface area contributed by atoms with Crippen molar-refractivity contribution in [2.45, 2.75) is 33.2 Å². The van der Waals surface area contributed by atoms with Crippen molar-refractivity contribution >= 4 is 29.1 Å². The minimum atomic E-state index is -0.792. The van der Waals surface area contributed by atoms with Gasteiger partial charge in [-0.15, -0.1) is 0 Å². The molecule has 0 spiro atoms. The summed E-state index contributed by atoms with van der Waals surface area (Å²) in [7, 11) is 0. The second-order valence-electron chi connectivity index (χ2n) is 7.01. The fourth-order valence-electron chi connectivity index (χ4n) is 2.48. The van der Waals surface area contributed by atoms with Crippen LogP contribution in [-0.2, 0) is 0 Å². The van der Waals surface area contributed by atoms with Crippen molar-refractivity contribution in [1.29, 1.82) is 0 Å².